The molecule has 2 aromatic rings. The van der Waals surface area contributed by atoms with Crippen LogP contribution in [0.2, 0.25) is 0 Å². The van der Waals surface area contributed by atoms with Gasteiger partial charge in [-0.2, -0.15) is 0 Å². The minimum atomic E-state index is -3.93. The molecule has 0 atom stereocenters. The maximum atomic E-state index is 12.2. The van der Waals surface area contributed by atoms with Crippen LogP contribution in [0.15, 0.2) is 67.3 Å². The second-order valence-corrected chi connectivity index (χ2v) is 10.4. The first-order valence-electron chi connectivity index (χ1n) is 5.67. The van der Waals surface area contributed by atoms with Crippen LogP contribution in [-0.4, -0.2) is 21.9 Å². The second-order valence-electron chi connectivity index (χ2n) is 4.26. The van der Waals surface area contributed by atoms with Gasteiger partial charge in [0.25, 0.3) is 0 Å². The summed E-state index contributed by atoms with van der Waals surface area (Å²) >= 11 is 6.34. The predicted octanol–water partition coefficient (Wildman–Crippen LogP) is 3.42. The first-order valence-corrected chi connectivity index (χ1v) is 10.6. The lowest BCUT2D eigenvalue weighted by atomic mass is 10.4. The van der Waals surface area contributed by atoms with Crippen molar-refractivity contribution in [1.29, 1.82) is 0 Å². The Bertz CT molecular complexity index is 801. The van der Waals surface area contributed by atoms with Crippen molar-refractivity contribution in [3.8, 4) is 0 Å². The van der Waals surface area contributed by atoms with Gasteiger partial charge < -0.3 is 0 Å². The van der Waals surface area contributed by atoms with Gasteiger partial charge in [-0.25, -0.2) is 16.8 Å². The van der Waals surface area contributed by atoms with E-state index in [1.54, 1.807) is 24.3 Å². The number of halogens is 2. The Morgan fingerprint density at radius 1 is 0.714 bits per heavy atom. The van der Waals surface area contributed by atoms with E-state index in [4.69, 9.17) is 0 Å². The van der Waals surface area contributed by atoms with Gasteiger partial charge in [0.05, 0.1) is 9.79 Å². The van der Waals surface area contributed by atoms with Crippen molar-refractivity contribution in [1.82, 2.24) is 0 Å². The molecule has 0 fully saturated rings. The first kappa shape index (κ1) is 16.7. The first-order chi connectivity index (χ1) is 9.71. The second kappa shape index (κ2) is 6.20. The Hall–Kier alpha value is -0.700. The largest absolute Gasteiger partial charge is 0.223 e. The van der Waals surface area contributed by atoms with Crippen molar-refractivity contribution < 1.29 is 16.8 Å². The molecule has 0 amide bonds. The summed E-state index contributed by atoms with van der Waals surface area (Å²) in [6, 6.07) is 11.9. The van der Waals surface area contributed by atoms with Gasteiger partial charge in [0.2, 0.25) is 0 Å². The van der Waals surface area contributed by atoms with E-state index in [9.17, 15) is 16.8 Å². The SMILES string of the molecule is O=S(=O)(CS(=O)(=O)c1cccc(Br)c1)c1cccc(Br)c1. The topological polar surface area (TPSA) is 68.3 Å². The summed E-state index contributed by atoms with van der Waals surface area (Å²) < 4.78 is 50.1. The molecule has 8 heteroatoms. The molecule has 2 rings (SSSR count). The summed E-state index contributed by atoms with van der Waals surface area (Å²) in [6.45, 7) is 0. The van der Waals surface area contributed by atoms with Gasteiger partial charge in [0.15, 0.2) is 24.8 Å². The van der Waals surface area contributed by atoms with Crippen LogP contribution in [0.4, 0.5) is 0 Å². The lowest BCUT2D eigenvalue weighted by Crippen LogP contribution is -2.17. The van der Waals surface area contributed by atoms with Crippen molar-refractivity contribution in [3.63, 3.8) is 0 Å². The lowest BCUT2D eigenvalue weighted by molar-refractivity contribution is 0.589. The van der Waals surface area contributed by atoms with Gasteiger partial charge in [-0.15, -0.1) is 0 Å². The standard InChI is InChI=1S/C13H10Br2O4S2/c14-10-3-1-5-12(7-10)20(16,17)9-21(18,19)13-6-2-4-11(15)8-13/h1-8H,9H2. The fourth-order valence-electron chi connectivity index (χ4n) is 1.66. The van der Waals surface area contributed by atoms with E-state index in [1.807, 2.05) is 0 Å². The molecule has 0 aliphatic carbocycles. The molecule has 4 nitrogen and oxygen atoms in total. The highest BCUT2D eigenvalue weighted by Gasteiger charge is 2.26. The van der Waals surface area contributed by atoms with E-state index in [0.717, 1.165) is 0 Å². The maximum Gasteiger partial charge on any atom is 0.193 e. The molecule has 2 aromatic carbocycles. The van der Waals surface area contributed by atoms with Gasteiger partial charge in [0, 0.05) is 8.95 Å². The summed E-state index contributed by atoms with van der Waals surface area (Å²) in [7, 11) is -7.87. The average molecular weight is 454 g/mol. The normalized spacial score (nSPS) is 12.3. The predicted molar refractivity (Wildman–Crippen MR) is 87.5 cm³/mol. The Kier molecular flexibility index (Phi) is 4.92. The van der Waals surface area contributed by atoms with Crippen molar-refractivity contribution in [2.45, 2.75) is 9.79 Å². The third-order valence-electron chi connectivity index (χ3n) is 2.62. The highest BCUT2D eigenvalue weighted by molar-refractivity contribution is 9.10. The number of hydrogen-bond acceptors (Lipinski definition) is 4. The van der Waals surface area contributed by atoms with Gasteiger partial charge in [-0.1, -0.05) is 44.0 Å². The molecule has 0 aliphatic heterocycles. The van der Waals surface area contributed by atoms with E-state index in [1.165, 1.54) is 24.3 Å². The molecule has 0 aliphatic rings. The Morgan fingerprint density at radius 2 is 1.10 bits per heavy atom. The van der Waals surface area contributed by atoms with Crippen LogP contribution < -0.4 is 0 Å². The van der Waals surface area contributed by atoms with Crippen LogP contribution in [0.1, 0.15) is 0 Å². The Morgan fingerprint density at radius 3 is 1.43 bits per heavy atom. The number of hydrogen-bond donors (Lipinski definition) is 0. The van der Waals surface area contributed by atoms with Crippen LogP contribution in [0, 0.1) is 0 Å². The van der Waals surface area contributed by atoms with Crippen molar-refractivity contribution in [2.75, 3.05) is 5.08 Å². The molecule has 0 heterocycles. The molecule has 0 N–H and O–H groups in total. The highest BCUT2D eigenvalue weighted by atomic mass is 79.9. The minimum Gasteiger partial charge on any atom is -0.223 e. The molecule has 0 saturated heterocycles. The average Bonchev–Trinajstić information content (AvgIpc) is 2.37. The van der Waals surface area contributed by atoms with Crippen LogP contribution >= 0.6 is 31.9 Å². The summed E-state index contributed by atoms with van der Waals surface area (Å²) in [4.78, 5) is -0.0640. The zero-order valence-corrected chi connectivity index (χ0v) is 15.3. The molecule has 112 valence electrons. The lowest BCUT2D eigenvalue weighted by Gasteiger charge is -2.07. The Labute approximate surface area is 140 Å². The molecule has 0 radical (unpaired) electrons. The van der Waals surface area contributed by atoms with Crippen LogP contribution in [-0.2, 0) is 19.7 Å². The summed E-state index contributed by atoms with van der Waals surface area (Å²) in [5.41, 5.74) is 0. The molecular weight excluding hydrogens is 444 g/mol. The van der Waals surface area contributed by atoms with Gasteiger partial charge in [0.1, 0.15) is 0 Å². The van der Waals surface area contributed by atoms with Crippen LogP contribution in [0.3, 0.4) is 0 Å². The summed E-state index contributed by atoms with van der Waals surface area (Å²) in [5.74, 6) is 0. The third kappa shape index (κ3) is 4.15. The molecule has 0 unspecified atom stereocenters. The zero-order chi connectivity index (χ0) is 15.7. The highest BCUT2D eigenvalue weighted by Crippen LogP contribution is 2.23. The number of rotatable bonds is 4. The molecule has 0 saturated carbocycles. The van der Waals surface area contributed by atoms with Crippen LogP contribution in [0.5, 0.6) is 0 Å². The molecule has 0 aromatic heterocycles. The smallest absolute Gasteiger partial charge is 0.193 e. The molecule has 0 spiro atoms. The fraction of sp³-hybridized carbons (Fsp3) is 0.0769. The van der Waals surface area contributed by atoms with E-state index in [0.29, 0.717) is 8.95 Å². The van der Waals surface area contributed by atoms with E-state index in [-0.39, 0.29) is 9.79 Å². The van der Waals surface area contributed by atoms with Crippen molar-refractivity contribution >= 4 is 51.5 Å². The fourth-order valence-corrected chi connectivity index (χ4v) is 6.67. The van der Waals surface area contributed by atoms with E-state index in [2.05, 4.69) is 31.9 Å². The molecule has 21 heavy (non-hydrogen) atoms. The summed E-state index contributed by atoms with van der Waals surface area (Å²) in [5, 5.41) is -0.965. The van der Waals surface area contributed by atoms with E-state index >= 15 is 0 Å². The van der Waals surface area contributed by atoms with Gasteiger partial charge in [-0.3, -0.25) is 0 Å². The van der Waals surface area contributed by atoms with E-state index < -0.39 is 24.8 Å². The van der Waals surface area contributed by atoms with Gasteiger partial charge >= 0.3 is 0 Å². The third-order valence-corrected chi connectivity index (χ3v) is 8.03. The zero-order valence-electron chi connectivity index (χ0n) is 10.5. The monoisotopic (exact) mass is 452 g/mol. The van der Waals surface area contributed by atoms with Crippen molar-refractivity contribution in [2.24, 2.45) is 0 Å². The number of sulfone groups is 2. The van der Waals surface area contributed by atoms with Crippen LogP contribution in [0.25, 0.3) is 0 Å². The minimum absolute atomic E-state index is 0.0320. The summed E-state index contributed by atoms with van der Waals surface area (Å²) in [6.07, 6.45) is 0. The Balaban J connectivity index is 2.40. The van der Waals surface area contributed by atoms with Gasteiger partial charge in [-0.05, 0) is 36.4 Å². The van der Waals surface area contributed by atoms with Crippen molar-refractivity contribution in [3.05, 3.63) is 57.5 Å². The molecule has 0 bridgehead atoms. The number of benzene rings is 2. The maximum absolute atomic E-state index is 12.2. The molecular formula is C13H10Br2O4S2. The quantitative estimate of drug-likeness (QED) is 0.711.